The number of fused-ring (bicyclic) bond motifs is 1. The molecular formula is C24H29O3-. The highest BCUT2D eigenvalue weighted by Gasteiger charge is 2.40. The van der Waals surface area contributed by atoms with Crippen LogP contribution in [0, 0.1) is 6.92 Å². The molecule has 0 unspecified atom stereocenters. The van der Waals surface area contributed by atoms with Crippen LogP contribution >= 0.6 is 0 Å². The molecule has 2 aromatic rings. The van der Waals surface area contributed by atoms with Gasteiger partial charge in [-0.2, -0.15) is 0 Å². The van der Waals surface area contributed by atoms with Crippen LogP contribution in [0.25, 0.3) is 11.1 Å². The Labute approximate surface area is 162 Å². The van der Waals surface area contributed by atoms with Crippen LogP contribution in [0.3, 0.4) is 0 Å². The first-order valence-corrected chi connectivity index (χ1v) is 9.57. The second kappa shape index (κ2) is 6.79. The third-order valence-corrected chi connectivity index (χ3v) is 6.17. The lowest BCUT2D eigenvalue weighted by atomic mass is 9.60. The minimum Gasteiger partial charge on any atom is -0.545 e. The molecule has 2 aromatic carbocycles. The van der Waals surface area contributed by atoms with Crippen LogP contribution in [0.2, 0.25) is 0 Å². The molecule has 3 nitrogen and oxygen atoms in total. The fraction of sp³-hybridized carbons (Fsp3) is 0.458. The molecule has 0 heterocycles. The zero-order valence-corrected chi connectivity index (χ0v) is 17.2. The second-order valence-electron chi connectivity index (χ2n) is 8.99. The Kier molecular flexibility index (Phi) is 4.94. The van der Waals surface area contributed by atoms with E-state index in [-0.39, 0.29) is 10.8 Å². The summed E-state index contributed by atoms with van der Waals surface area (Å²) in [4.78, 5) is 11.9. The Morgan fingerprint density at radius 2 is 1.74 bits per heavy atom. The van der Waals surface area contributed by atoms with E-state index in [0.29, 0.717) is 12.2 Å². The van der Waals surface area contributed by atoms with Gasteiger partial charge in [0.2, 0.25) is 0 Å². The van der Waals surface area contributed by atoms with Crippen molar-refractivity contribution in [1.82, 2.24) is 0 Å². The standard InChI is InChI=1S/C24H30O3/c1-15-18(22(25)26)13-19-21(24(4,5)12-11-23(19,2)3)20(15)17-10-8-7-9-16(17)14-27-6/h7-10,13H,11-12,14H2,1-6H3,(H,25,26)/p-1. The molecule has 1 aliphatic carbocycles. The Morgan fingerprint density at radius 1 is 1.11 bits per heavy atom. The minimum atomic E-state index is -1.11. The molecule has 0 radical (unpaired) electrons. The maximum absolute atomic E-state index is 11.9. The summed E-state index contributed by atoms with van der Waals surface area (Å²) in [5.41, 5.74) is 6.53. The van der Waals surface area contributed by atoms with Gasteiger partial charge in [-0.15, -0.1) is 0 Å². The van der Waals surface area contributed by atoms with Crippen LogP contribution in [0.5, 0.6) is 0 Å². The van der Waals surface area contributed by atoms with Crippen molar-refractivity contribution in [3.05, 3.63) is 58.1 Å². The summed E-state index contributed by atoms with van der Waals surface area (Å²) in [6, 6.07) is 10.00. The zero-order valence-electron chi connectivity index (χ0n) is 17.2. The predicted octanol–water partition coefficient (Wildman–Crippen LogP) is 4.52. The molecule has 0 amide bonds. The molecule has 0 spiro atoms. The van der Waals surface area contributed by atoms with E-state index in [1.165, 1.54) is 5.56 Å². The average molecular weight is 365 g/mol. The van der Waals surface area contributed by atoms with Gasteiger partial charge >= 0.3 is 0 Å². The molecule has 0 aromatic heterocycles. The summed E-state index contributed by atoms with van der Waals surface area (Å²) < 4.78 is 5.42. The topological polar surface area (TPSA) is 49.4 Å². The fourth-order valence-corrected chi connectivity index (χ4v) is 4.50. The van der Waals surface area contributed by atoms with E-state index >= 15 is 0 Å². The number of hydrogen-bond donors (Lipinski definition) is 0. The van der Waals surface area contributed by atoms with Gasteiger partial charge in [-0.1, -0.05) is 52.0 Å². The van der Waals surface area contributed by atoms with E-state index in [4.69, 9.17) is 4.74 Å². The van der Waals surface area contributed by atoms with Gasteiger partial charge in [0.15, 0.2) is 0 Å². The van der Waals surface area contributed by atoms with Gasteiger partial charge < -0.3 is 14.6 Å². The van der Waals surface area contributed by atoms with Gasteiger partial charge in [0.1, 0.15) is 0 Å². The first-order chi connectivity index (χ1) is 12.6. The van der Waals surface area contributed by atoms with Gasteiger partial charge in [0.05, 0.1) is 12.6 Å². The summed E-state index contributed by atoms with van der Waals surface area (Å²) in [5.74, 6) is -1.11. The van der Waals surface area contributed by atoms with E-state index in [1.807, 2.05) is 25.1 Å². The molecule has 1 aliphatic rings. The van der Waals surface area contributed by atoms with Crippen LogP contribution in [0.1, 0.15) is 73.1 Å². The lowest BCUT2D eigenvalue weighted by Gasteiger charge is -2.44. The monoisotopic (exact) mass is 365 g/mol. The molecule has 0 N–H and O–H groups in total. The molecule has 144 valence electrons. The Bertz CT molecular complexity index is 891. The van der Waals surface area contributed by atoms with Crippen LogP contribution in [0.4, 0.5) is 0 Å². The number of carboxylic acids is 1. The number of methoxy groups -OCH3 is 1. The second-order valence-corrected chi connectivity index (χ2v) is 8.99. The van der Waals surface area contributed by atoms with Crippen LogP contribution in [0.15, 0.2) is 30.3 Å². The van der Waals surface area contributed by atoms with Crippen molar-refractivity contribution in [2.24, 2.45) is 0 Å². The molecular weight excluding hydrogens is 336 g/mol. The maximum atomic E-state index is 11.9. The normalized spacial score (nSPS) is 17.4. The van der Waals surface area contributed by atoms with Crippen molar-refractivity contribution < 1.29 is 14.6 Å². The van der Waals surface area contributed by atoms with Crippen LogP contribution in [-0.4, -0.2) is 13.1 Å². The van der Waals surface area contributed by atoms with Crippen molar-refractivity contribution in [2.75, 3.05) is 7.11 Å². The van der Waals surface area contributed by atoms with Crippen molar-refractivity contribution >= 4 is 5.97 Å². The number of aromatic carboxylic acids is 1. The number of rotatable bonds is 4. The highest BCUT2D eigenvalue weighted by molar-refractivity contribution is 5.93. The molecule has 0 saturated heterocycles. The van der Waals surface area contributed by atoms with Crippen molar-refractivity contribution in [3.63, 3.8) is 0 Å². The third kappa shape index (κ3) is 3.29. The van der Waals surface area contributed by atoms with Crippen molar-refractivity contribution in [1.29, 1.82) is 0 Å². The van der Waals surface area contributed by atoms with Crippen molar-refractivity contribution in [3.8, 4) is 11.1 Å². The molecule has 0 aliphatic heterocycles. The molecule has 3 heteroatoms. The number of carbonyl (C=O) groups is 1. The molecule has 3 rings (SSSR count). The first kappa shape index (κ1) is 19.6. The maximum Gasteiger partial charge on any atom is 0.0719 e. The van der Waals surface area contributed by atoms with E-state index in [2.05, 4.69) is 39.8 Å². The van der Waals surface area contributed by atoms with Gasteiger partial charge in [-0.3, -0.25) is 0 Å². The summed E-state index contributed by atoms with van der Waals surface area (Å²) >= 11 is 0. The minimum absolute atomic E-state index is 0.0322. The number of ether oxygens (including phenoxy) is 1. The molecule has 0 bridgehead atoms. The summed E-state index contributed by atoms with van der Waals surface area (Å²) in [6.07, 6.45) is 2.10. The number of carbonyl (C=O) groups excluding carboxylic acids is 1. The summed E-state index contributed by atoms with van der Waals surface area (Å²) in [6.45, 7) is 11.3. The molecule has 0 atom stereocenters. The highest BCUT2D eigenvalue weighted by Crippen LogP contribution is 2.51. The first-order valence-electron chi connectivity index (χ1n) is 9.57. The Balaban J connectivity index is 2.47. The number of carboxylic acid groups (broad SMARTS) is 1. The Morgan fingerprint density at radius 3 is 2.37 bits per heavy atom. The quantitative estimate of drug-likeness (QED) is 0.800. The smallest absolute Gasteiger partial charge is 0.0719 e. The third-order valence-electron chi connectivity index (χ3n) is 6.17. The molecule has 0 fully saturated rings. The highest BCUT2D eigenvalue weighted by atomic mass is 16.5. The number of hydrogen-bond acceptors (Lipinski definition) is 3. The zero-order chi connectivity index (χ0) is 20.0. The SMILES string of the molecule is COCc1ccccc1-c1c(C)c(C(=O)[O-])cc2c1C(C)(C)CCC2(C)C. The van der Waals surface area contributed by atoms with Crippen LogP contribution in [-0.2, 0) is 22.2 Å². The van der Waals surface area contributed by atoms with Crippen molar-refractivity contribution in [2.45, 2.75) is 64.9 Å². The molecule has 27 heavy (non-hydrogen) atoms. The molecule has 0 saturated carbocycles. The van der Waals surface area contributed by atoms with E-state index in [0.717, 1.165) is 40.7 Å². The van der Waals surface area contributed by atoms with Crippen LogP contribution < -0.4 is 5.11 Å². The van der Waals surface area contributed by atoms with E-state index in [1.54, 1.807) is 7.11 Å². The average Bonchev–Trinajstić information content (AvgIpc) is 2.59. The largest absolute Gasteiger partial charge is 0.545 e. The number of benzene rings is 2. The summed E-state index contributed by atoms with van der Waals surface area (Å²) in [5, 5.41) is 11.9. The van der Waals surface area contributed by atoms with Gasteiger partial charge in [-0.25, -0.2) is 0 Å². The summed E-state index contributed by atoms with van der Waals surface area (Å²) in [7, 11) is 1.68. The lowest BCUT2D eigenvalue weighted by molar-refractivity contribution is -0.255. The van der Waals surface area contributed by atoms with Gasteiger partial charge in [-0.05, 0) is 70.0 Å². The predicted molar refractivity (Wildman–Crippen MR) is 107 cm³/mol. The van der Waals surface area contributed by atoms with E-state index in [9.17, 15) is 9.90 Å². The lowest BCUT2D eigenvalue weighted by Crippen LogP contribution is -2.36. The fourth-order valence-electron chi connectivity index (χ4n) is 4.50. The Hall–Kier alpha value is -2.13. The van der Waals surface area contributed by atoms with Gasteiger partial charge in [0, 0.05) is 12.7 Å². The van der Waals surface area contributed by atoms with Gasteiger partial charge in [0.25, 0.3) is 0 Å². The van der Waals surface area contributed by atoms with E-state index < -0.39 is 5.97 Å².